The van der Waals surface area contributed by atoms with Crippen molar-refractivity contribution in [2.24, 2.45) is 4.99 Å². The van der Waals surface area contributed by atoms with Gasteiger partial charge in [0, 0.05) is 49.4 Å². The highest BCUT2D eigenvalue weighted by atomic mass is 32.2. The molecule has 1 aliphatic rings. The summed E-state index contributed by atoms with van der Waals surface area (Å²) in [7, 11) is 2.04. The number of nitrogens with one attached hydrogen (secondary N) is 1. The second-order valence-electron chi connectivity index (χ2n) is 7.12. The fourth-order valence-electron chi connectivity index (χ4n) is 3.43. The van der Waals surface area contributed by atoms with Gasteiger partial charge in [-0.05, 0) is 54.3 Å². The van der Waals surface area contributed by atoms with E-state index < -0.39 is 0 Å². The number of amides is 1. The summed E-state index contributed by atoms with van der Waals surface area (Å²) in [5.41, 5.74) is 2.55. The molecule has 0 atom stereocenters. The highest BCUT2D eigenvalue weighted by Gasteiger charge is 2.21. The number of thioether (sulfide) groups is 1. The fourth-order valence-corrected chi connectivity index (χ4v) is 4.72. The van der Waals surface area contributed by atoms with E-state index in [1.807, 2.05) is 11.9 Å². The van der Waals surface area contributed by atoms with Crippen LogP contribution in [0.15, 0.2) is 45.6 Å². The zero-order chi connectivity index (χ0) is 20.6. The molecule has 1 aliphatic heterocycles. The number of aliphatic imine (C=N–C) groups is 1. The third kappa shape index (κ3) is 6.00. The number of nitrogens with zero attached hydrogens (tertiary/aromatic N) is 3. The Kier molecular flexibility index (Phi) is 8.00. The number of carbonyl (C=O) groups excluding carboxylic acids is 1. The van der Waals surface area contributed by atoms with E-state index in [0.29, 0.717) is 13.0 Å². The van der Waals surface area contributed by atoms with Crippen LogP contribution in [0.25, 0.3) is 0 Å². The zero-order valence-electron chi connectivity index (χ0n) is 17.5. The van der Waals surface area contributed by atoms with Crippen LogP contribution in [-0.2, 0) is 24.3 Å². The smallest absolute Gasteiger partial charge is 0.224 e. The first kappa shape index (κ1) is 21.7. The summed E-state index contributed by atoms with van der Waals surface area (Å²) < 4.78 is 0. The van der Waals surface area contributed by atoms with Gasteiger partial charge in [0.25, 0.3) is 0 Å². The van der Waals surface area contributed by atoms with Gasteiger partial charge in [0.05, 0.1) is 6.54 Å². The van der Waals surface area contributed by atoms with Crippen LogP contribution in [0.1, 0.15) is 29.3 Å². The number of hydrogen-bond acceptors (Lipinski definition) is 4. The molecule has 0 saturated heterocycles. The lowest BCUT2D eigenvalue weighted by Gasteiger charge is -2.27. The Hall–Kier alpha value is -1.99. The first-order chi connectivity index (χ1) is 14.1. The van der Waals surface area contributed by atoms with Crippen LogP contribution in [0.3, 0.4) is 0 Å². The van der Waals surface area contributed by atoms with Gasteiger partial charge in [-0.25, -0.2) is 0 Å². The molecule has 0 spiro atoms. The lowest BCUT2D eigenvalue weighted by molar-refractivity contribution is -0.131. The summed E-state index contributed by atoms with van der Waals surface area (Å²) in [4.78, 5) is 24.1. The predicted octanol–water partition coefficient (Wildman–Crippen LogP) is 3.84. The maximum absolute atomic E-state index is 12.6. The summed E-state index contributed by atoms with van der Waals surface area (Å²) in [6, 6.07) is 10.7. The minimum Gasteiger partial charge on any atom is -0.357 e. The molecule has 5 nitrogen and oxygen atoms in total. The molecule has 156 valence electrons. The van der Waals surface area contributed by atoms with Gasteiger partial charge in [-0.3, -0.25) is 9.79 Å². The summed E-state index contributed by atoms with van der Waals surface area (Å²) >= 11 is 3.55. The molecular formula is C22H30N4OS2. The van der Waals surface area contributed by atoms with E-state index in [0.717, 1.165) is 38.6 Å². The van der Waals surface area contributed by atoms with Crippen LogP contribution in [0, 0.1) is 0 Å². The van der Waals surface area contributed by atoms with Gasteiger partial charge in [-0.15, -0.1) is 23.1 Å². The van der Waals surface area contributed by atoms with Crippen LogP contribution < -0.4 is 5.32 Å². The Morgan fingerprint density at radius 1 is 1.31 bits per heavy atom. The van der Waals surface area contributed by atoms with Crippen molar-refractivity contribution in [3.05, 3.63) is 51.7 Å². The summed E-state index contributed by atoms with van der Waals surface area (Å²) in [6.07, 6.45) is 3.51. The van der Waals surface area contributed by atoms with Gasteiger partial charge in [-0.2, -0.15) is 0 Å². The molecular weight excluding hydrogens is 400 g/mol. The lowest BCUT2D eigenvalue weighted by atomic mass is 10.1. The molecule has 1 aromatic carbocycles. The van der Waals surface area contributed by atoms with E-state index in [9.17, 15) is 4.79 Å². The average molecular weight is 431 g/mol. The zero-order valence-corrected chi connectivity index (χ0v) is 19.1. The number of fused-ring (bicyclic) bond motifs is 1. The van der Waals surface area contributed by atoms with E-state index >= 15 is 0 Å². The first-order valence-corrected chi connectivity index (χ1v) is 12.2. The molecule has 1 N–H and O–H groups in total. The van der Waals surface area contributed by atoms with Crippen molar-refractivity contribution in [2.75, 3.05) is 32.9 Å². The number of hydrogen-bond donors (Lipinski definition) is 1. The minimum absolute atomic E-state index is 0.191. The third-order valence-corrected chi connectivity index (χ3v) is 6.79. The topological polar surface area (TPSA) is 47.9 Å². The summed E-state index contributed by atoms with van der Waals surface area (Å²) in [6.45, 7) is 5.71. The maximum atomic E-state index is 12.6. The lowest BCUT2D eigenvalue weighted by Crippen LogP contribution is -2.39. The van der Waals surface area contributed by atoms with E-state index in [2.05, 4.69) is 59.1 Å². The molecule has 0 unspecified atom stereocenters. The second-order valence-corrected chi connectivity index (χ2v) is 9.00. The molecule has 2 aromatic rings. The van der Waals surface area contributed by atoms with Crippen molar-refractivity contribution < 1.29 is 4.79 Å². The van der Waals surface area contributed by atoms with Crippen LogP contribution in [-0.4, -0.2) is 54.6 Å². The molecule has 0 fully saturated rings. The van der Waals surface area contributed by atoms with Crippen molar-refractivity contribution >= 4 is 35.0 Å². The van der Waals surface area contributed by atoms with Gasteiger partial charge < -0.3 is 15.1 Å². The predicted molar refractivity (Wildman–Crippen MR) is 124 cm³/mol. The SMILES string of the molecule is CCNC(=NCCC(=O)N1CCc2sccc2C1)N(C)Cc1ccc(SC)cc1. The van der Waals surface area contributed by atoms with Gasteiger partial charge in [0.2, 0.25) is 5.91 Å². The van der Waals surface area contributed by atoms with Crippen LogP contribution in [0.4, 0.5) is 0 Å². The van der Waals surface area contributed by atoms with Crippen molar-refractivity contribution in [1.29, 1.82) is 0 Å². The number of rotatable bonds is 7. The van der Waals surface area contributed by atoms with Crippen LogP contribution in [0.5, 0.6) is 0 Å². The minimum atomic E-state index is 0.191. The summed E-state index contributed by atoms with van der Waals surface area (Å²) in [5.74, 6) is 1.03. The molecule has 7 heteroatoms. The maximum Gasteiger partial charge on any atom is 0.224 e. The molecule has 2 heterocycles. The normalized spacial score (nSPS) is 13.9. The van der Waals surface area contributed by atoms with Gasteiger partial charge >= 0.3 is 0 Å². The standard InChI is InChI=1S/C22H30N4OS2/c1-4-23-22(25(2)15-17-5-7-19(28-3)8-6-17)24-12-9-21(27)26-13-10-20-18(16-26)11-14-29-20/h5-8,11,14H,4,9-10,12-13,15-16H2,1-3H3,(H,23,24). The Labute approximate surface area is 182 Å². The molecule has 0 bridgehead atoms. The molecule has 3 rings (SSSR count). The Balaban J connectivity index is 1.53. The molecule has 0 aliphatic carbocycles. The van der Waals surface area contributed by atoms with E-state index in [-0.39, 0.29) is 5.91 Å². The highest BCUT2D eigenvalue weighted by Crippen LogP contribution is 2.24. The first-order valence-electron chi connectivity index (χ1n) is 10.1. The fraction of sp³-hybridized carbons (Fsp3) is 0.455. The van der Waals surface area contributed by atoms with Crippen LogP contribution >= 0.6 is 23.1 Å². The van der Waals surface area contributed by atoms with Crippen molar-refractivity contribution in [3.63, 3.8) is 0 Å². The molecule has 1 aromatic heterocycles. The van der Waals surface area contributed by atoms with Crippen molar-refractivity contribution in [2.45, 2.75) is 37.8 Å². The number of benzene rings is 1. The number of guanidine groups is 1. The molecule has 0 saturated carbocycles. The van der Waals surface area contributed by atoms with Gasteiger partial charge in [0.15, 0.2) is 5.96 Å². The number of carbonyl (C=O) groups is 1. The van der Waals surface area contributed by atoms with Crippen LogP contribution in [0.2, 0.25) is 0 Å². The van der Waals surface area contributed by atoms with E-state index in [4.69, 9.17) is 4.99 Å². The number of thiophene rings is 1. The highest BCUT2D eigenvalue weighted by molar-refractivity contribution is 7.98. The third-order valence-electron chi connectivity index (χ3n) is 5.02. The monoisotopic (exact) mass is 430 g/mol. The molecule has 29 heavy (non-hydrogen) atoms. The van der Waals surface area contributed by atoms with Crippen molar-refractivity contribution in [3.8, 4) is 0 Å². The Bertz CT molecular complexity index is 832. The Morgan fingerprint density at radius 2 is 2.10 bits per heavy atom. The quantitative estimate of drug-likeness (QED) is 0.412. The van der Waals surface area contributed by atoms with Gasteiger partial charge in [0.1, 0.15) is 0 Å². The second kappa shape index (κ2) is 10.7. The van der Waals surface area contributed by atoms with E-state index in [1.165, 1.54) is 20.9 Å². The largest absolute Gasteiger partial charge is 0.357 e. The molecule has 1 amide bonds. The Morgan fingerprint density at radius 3 is 2.83 bits per heavy atom. The van der Waals surface area contributed by atoms with E-state index in [1.54, 1.807) is 23.1 Å². The molecule has 0 radical (unpaired) electrons. The summed E-state index contributed by atoms with van der Waals surface area (Å²) in [5, 5.41) is 5.46. The van der Waals surface area contributed by atoms with Crippen molar-refractivity contribution in [1.82, 2.24) is 15.1 Å². The van der Waals surface area contributed by atoms with Gasteiger partial charge in [-0.1, -0.05) is 12.1 Å². The average Bonchev–Trinajstić information content (AvgIpc) is 3.21.